The number of likely N-dealkylation sites (N-methyl/N-ethyl adjacent to an activating group) is 1. The van der Waals surface area contributed by atoms with Crippen molar-refractivity contribution in [2.24, 2.45) is 5.92 Å². The Morgan fingerprint density at radius 3 is 1.90 bits per heavy atom. The summed E-state index contributed by atoms with van der Waals surface area (Å²) >= 11 is 0. The molecule has 0 heterocycles. The summed E-state index contributed by atoms with van der Waals surface area (Å²) in [4.78, 5) is 23.5. The molecular formula is C15H29NO4. The number of aliphatic hydroxyl groups is 1. The standard InChI is InChI=1S/C15H29NO4/c1-6-8-12(9-7-2)14(19)15(20,10-13(17)18)11-16(3,4)5/h12,20H,6-11H2,1-5H3. The van der Waals surface area contributed by atoms with E-state index < -0.39 is 18.0 Å². The average Bonchev–Trinajstić information content (AvgIpc) is 2.24. The predicted octanol–water partition coefficient (Wildman–Crippen LogP) is 0.349. The summed E-state index contributed by atoms with van der Waals surface area (Å²) in [6, 6.07) is 0. The van der Waals surface area contributed by atoms with E-state index in [-0.39, 0.29) is 18.2 Å². The van der Waals surface area contributed by atoms with Gasteiger partial charge in [0.05, 0.1) is 21.1 Å². The van der Waals surface area contributed by atoms with Crippen molar-refractivity contribution in [3.8, 4) is 0 Å². The van der Waals surface area contributed by atoms with E-state index in [2.05, 4.69) is 0 Å². The van der Waals surface area contributed by atoms with Crippen LogP contribution in [0.5, 0.6) is 0 Å². The van der Waals surface area contributed by atoms with Gasteiger partial charge in [-0.2, -0.15) is 0 Å². The Hall–Kier alpha value is -0.940. The molecule has 0 rings (SSSR count). The predicted molar refractivity (Wildman–Crippen MR) is 75.8 cm³/mol. The molecule has 1 unspecified atom stereocenters. The number of hydrogen-bond acceptors (Lipinski definition) is 4. The van der Waals surface area contributed by atoms with E-state index in [1.54, 1.807) is 0 Å². The molecule has 0 fully saturated rings. The van der Waals surface area contributed by atoms with E-state index in [0.29, 0.717) is 17.3 Å². The first-order valence-corrected chi connectivity index (χ1v) is 7.32. The number of carboxylic acid groups (broad SMARTS) is 1. The lowest BCUT2D eigenvalue weighted by Gasteiger charge is -2.36. The third-order valence-corrected chi connectivity index (χ3v) is 3.28. The number of ketones is 1. The number of aliphatic carboxylic acids is 1. The zero-order valence-electron chi connectivity index (χ0n) is 13.4. The number of rotatable bonds is 10. The third kappa shape index (κ3) is 6.48. The van der Waals surface area contributed by atoms with Crippen LogP contribution in [0, 0.1) is 5.92 Å². The molecular weight excluding hydrogens is 258 g/mol. The number of quaternary nitrogens is 1. The zero-order chi connectivity index (χ0) is 16.0. The summed E-state index contributed by atoms with van der Waals surface area (Å²) in [6.07, 6.45) is 2.40. The highest BCUT2D eigenvalue weighted by Gasteiger charge is 2.43. The first-order chi connectivity index (χ1) is 9.05. The molecule has 5 heteroatoms. The molecule has 0 saturated carbocycles. The fourth-order valence-electron chi connectivity index (χ4n) is 2.73. The first kappa shape index (κ1) is 19.1. The molecule has 0 aliphatic heterocycles. The molecule has 0 aliphatic rings. The van der Waals surface area contributed by atoms with E-state index in [0.717, 1.165) is 12.8 Å². The van der Waals surface area contributed by atoms with E-state index >= 15 is 0 Å². The number of carbonyl (C=O) groups is 2. The SMILES string of the molecule is CCCC(CCC)C(=O)C(O)(CC(=O)[O-])C[N+](C)(C)C. The van der Waals surface area contributed by atoms with E-state index in [1.807, 2.05) is 35.0 Å². The molecule has 0 bridgehead atoms. The molecule has 0 amide bonds. The number of carbonyl (C=O) groups excluding carboxylic acids is 2. The van der Waals surface area contributed by atoms with Crippen LogP contribution in [0.1, 0.15) is 46.0 Å². The summed E-state index contributed by atoms with van der Waals surface area (Å²) in [6.45, 7) is 4.03. The number of carboxylic acids is 1. The molecule has 0 aromatic carbocycles. The van der Waals surface area contributed by atoms with Crippen LogP contribution in [0.2, 0.25) is 0 Å². The highest BCUT2D eigenvalue weighted by atomic mass is 16.4. The largest absolute Gasteiger partial charge is 0.550 e. The van der Waals surface area contributed by atoms with Crippen molar-refractivity contribution in [3.63, 3.8) is 0 Å². The topological polar surface area (TPSA) is 77.4 Å². The molecule has 0 aliphatic carbocycles. The van der Waals surface area contributed by atoms with E-state index in [1.165, 1.54) is 0 Å². The van der Waals surface area contributed by atoms with Crippen molar-refractivity contribution in [3.05, 3.63) is 0 Å². The van der Waals surface area contributed by atoms with Crippen LogP contribution in [-0.4, -0.2) is 54.6 Å². The lowest BCUT2D eigenvalue weighted by atomic mass is 9.81. The Balaban J connectivity index is 5.26. The Morgan fingerprint density at radius 1 is 1.15 bits per heavy atom. The van der Waals surface area contributed by atoms with Gasteiger partial charge in [-0.1, -0.05) is 26.7 Å². The number of Topliss-reactive ketones (excluding diaryl/α,β-unsaturated/α-hetero) is 1. The molecule has 0 spiro atoms. The first-order valence-electron chi connectivity index (χ1n) is 7.32. The summed E-state index contributed by atoms with van der Waals surface area (Å²) in [7, 11) is 5.46. The Kier molecular flexibility index (Phi) is 7.38. The lowest BCUT2D eigenvalue weighted by Crippen LogP contribution is -2.57. The fourth-order valence-corrected chi connectivity index (χ4v) is 2.73. The zero-order valence-corrected chi connectivity index (χ0v) is 13.4. The average molecular weight is 287 g/mol. The molecule has 0 aromatic heterocycles. The van der Waals surface area contributed by atoms with Crippen LogP contribution in [0.25, 0.3) is 0 Å². The quantitative estimate of drug-likeness (QED) is 0.588. The van der Waals surface area contributed by atoms with Crippen LogP contribution in [0.15, 0.2) is 0 Å². The van der Waals surface area contributed by atoms with Gasteiger partial charge in [-0.05, 0) is 12.8 Å². The van der Waals surface area contributed by atoms with Crippen LogP contribution in [0.3, 0.4) is 0 Å². The van der Waals surface area contributed by atoms with Gasteiger partial charge in [0.1, 0.15) is 6.54 Å². The molecule has 118 valence electrons. The highest BCUT2D eigenvalue weighted by molar-refractivity contribution is 5.92. The van der Waals surface area contributed by atoms with Crippen LogP contribution in [0.4, 0.5) is 0 Å². The van der Waals surface area contributed by atoms with E-state index in [4.69, 9.17) is 0 Å². The molecule has 1 N–H and O–H groups in total. The Bertz CT molecular complexity index is 329. The maximum Gasteiger partial charge on any atom is 0.177 e. The van der Waals surface area contributed by atoms with Gasteiger partial charge in [-0.25, -0.2) is 0 Å². The molecule has 1 atom stereocenters. The van der Waals surface area contributed by atoms with Crippen molar-refractivity contribution in [1.82, 2.24) is 0 Å². The van der Waals surface area contributed by atoms with Gasteiger partial charge in [-0.15, -0.1) is 0 Å². The summed E-state index contributed by atoms with van der Waals surface area (Å²) in [5.74, 6) is -2.01. The second kappa shape index (κ2) is 7.74. The van der Waals surface area contributed by atoms with Gasteiger partial charge < -0.3 is 19.5 Å². The van der Waals surface area contributed by atoms with Gasteiger partial charge >= 0.3 is 0 Å². The minimum atomic E-state index is -1.84. The summed E-state index contributed by atoms with van der Waals surface area (Å²) in [5, 5.41) is 21.5. The Morgan fingerprint density at radius 2 is 1.60 bits per heavy atom. The van der Waals surface area contributed by atoms with Gasteiger partial charge in [0.15, 0.2) is 11.4 Å². The normalized spacial score (nSPS) is 15.2. The third-order valence-electron chi connectivity index (χ3n) is 3.28. The maximum absolute atomic E-state index is 12.6. The second-order valence-electron chi connectivity index (χ2n) is 6.67. The van der Waals surface area contributed by atoms with Crippen LogP contribution >= 0.6 is 0 Å². The minimum absolute atomic E-state index is 0.0732. The van der Waals surface area contributed by atoms with Gasteiger partial charge in [0.25, 0.3) is 0 Å². The molecule has 0 radical (unpaired) electrons. The van der Waals surface area contributed by atoms with Crippen LogP contribution < -0.4 is 5.11 Å². The number of nitrogens with zero attached hydrogens (tertiary/aromatic N) is 1. The summed E-state index contributed by atoms with van der Waals surface area (Å²) < 4.78 is 0.320. The Labute approximate surface area is 122 Å². The van der Waals surface area contributed by atoms with Crippen molar-refractivity contribution >= 4 is 11.8 Å². The maximum atomic E-state index is 12.6. The fraction of sp³-hybridized carbons (Fsp3) is 0.867. The van der Waals surface area contributed by atoms with E-state index in [9.17, 15) is 19.8 Å². The van der Waals surface area contributed by atoms with Crippen molar-refractivity contribution in [2.45, 2.75) is 51.6 Å². The van der Waals surface area contributed by atoms with Crippen LogP contribution in [-0.2, 0) is 9.59 Å². The molecule has 0 saturated heterocycles. The van der Waals surface area contributed by atoms with Crippen molar-refractivity contribution < 1.29 is 24.3 Å². The molecule has 20 heavy (non-hydrogen) atoms. The van der Waals surface area contributed by atoms with Crippen molar-refractivity contribution in [1.29, 1.82) is 0 Å². The van der Waals surface area contributed by atoms with Gasteiger partial charge in [-0.3, -0.25) is 4.79 Å². The number of hydrogen-bond donors (Lipinski definition) is 1. The molecule has 5 nitrogen and oxygen atoms in total. The smallest absolute Gasteiger partial charge is 0.177 e. The lowest BCUT2D eigenvalue weighted by molar-refractivity contribution is -0.875. The van der Waals surface area contributed by atoms with Crippen molar-refractivity contribution in [2.75, 3.05) is 27.7 Å². The monoisotopic (exact) mass is 287 g/mol. The molecule has 0 aromatic rings. The minimum Gasteiger partial charge on any atom is -0.550 e. The highest BCUT2D eigenvalue weighted by Crippen LogP contribution is 2.25. The van der Waals surface area contributed by atoms with Gasteiger partial charge in [0, 0.05) is 18.3 Å². The van der Waals surface area contributed by atoms with Gasteiger partial charge in [0.2, 0.25) is 0 Å². The second-order valence-corrected chi connectivity index (χ2v) is 6.67. The summed E-state index contributed by atoms with van der Waals surface area (Å²) in [5.41, 5.74) is -1.84.